The topological polar surface area (TPSA) is 3.24 Å². The molecule has 0 spiro atoms. The minimum absolute atomic E-state index is 0.262. The van der Waals surface area contributed by atoms with Crippen LogP contribution in [0.2, 0.25) is 0 Å². The number of fused-ring (bicyclic) bond motifs is 6. The van der Waals surface area contributed by atoms with Crippen LogP contribution in [0, 0.1) is 116 Å². The molecule has 1 aliphatic rings. The summed E-state index contributed by atoms with van der Waals surface area (Å²) in [7, 11) is 0. The van der Waals surface area contributed by atoms with E-state index in [4.69, 9.17) is 0 Å². The van der Waals surface area contributed by atoms with Crippen LogP contribution in [-0.2, 0) is 0 Å². The molecule has 1 aliphatic heterocycles. The smallest absolute Gasteiger partial charge is 0.257 e. The van der Waals surface area contributed by atoms with Crippen molar-refractivity contribution >= 4 is 95.6 Å². The van der Waals surface area contributed by atoms with Gasteiger partial charge in [0, 0.05) is 38.5 Å². The average Bonchev–Trinajstić information content (AvgIpc) is 0.769. The molecule has 0 bridgehead atoms. The second kappa shape index (κ2) is 21.4. The van der Waals surface area contributed by atoms with Crippen molar-refractivity contribution in [3.05, 3.63) is 268 Å². The number of nitrogens with zero attached hydrogens (tertiary/aromatic N) is 1. The Kier molecular flexibility index (Phi) is 13.9. The lowest BCUT2D eigenvalue weighted by atomic mass is 9.36. The SMILES string of the molecule is Fc1c(F)c(F)c(B(c2ccc(-c3ccc4c(c3)N(c3ccccc3)c3cccc5c3c-4cc3c4ccccc4c(-c4ccc(B(c6c(F)c(F)c(F)c(F)c6F)c6c(F)c(F)c(F)c(F)c6F)cc4)cc53)cc2)c2c(F)c(F)c(F)c(F)c2F)c(F)c1F. The molecule has 1 heterocycles. The van der Waals surface area contributed by atoms with Gasteiger partial charge in [-0.25, -0.2) is 87.8 Å². The zero-order valence-electron chi connectivity index (χ0n) is 44.1. The van der Waals surface area contributed by atoms with E-state index in [-0.39, 0.29) is 11.1 Å². The van der Waals surface area contributed by atoms with Crippen LogP contribution in [-0.4, -0.2) is 13.4 Å². The first kappa shape index (κ1) is 58.0. The fourth-order valence-electron chi connectivity index (χ4n) is 12.0. The Balaban J connectivity index is 0.963. The van der Waals surface area contributed by atoms with Crippen molar-refractivity contribution in [1.82, 2.24) is 0 Å². The second-order valence-electron chi connectivity index (χ2n) is 20.6. The van der Waals surface area contributed by atoms with Crippen molar-refractivity contribution in [2.75, 3.05) is 4.90 Å². The molecule has 0 atom stereocenters. The van der Waals surface area contributed by atoms with Gasteiger partial charge in [-0.1, -0.05) is 126 Å². The molecule has 0 aliphatic carbocycles. The fourth-order valence-corrected chi connectivity index (χ4v) is 12.0. The van der Waals surface area contributed by atoms with Gasteiger partial charge >= 0.3 is 0 Å². The Morgan fingerprint density at radius 3 is 1.01 bits per heavy atom. The van der Waals surface area contributed by atoms with Crippen LogP contribution in [0.25, 0.3) is 65.7 Å². The molecule has 0 saturated heterocycles. The molecule has 1 nitrogen and oxygen atoms in total. The van der Waals surface area contributed by atoms with E-state index in [1.54, 1.807) is 84.9 Å². The van der Waals surface area contributed by atoms with Crippen molar-refractivity contribution in [3.8, 4) is 33.4 Å². The van der Waals surface area contributed by atoms with Crippen LogP contribution in [0.4, 0.5) is 105 Å². The Morgan fingerprint density at radius 2 is 0.573 bits per heavy atom. The van der Waals surface area contributed by atoms with Gasteiger partial charge in [-0.15, -0.1) is 0 Å². The van der Waals surface area contributed by atoms with Crippen LogP contribution >= 0.6 is 0 Å². The first-order valence-electron chi connectivity index (χ1n) is 26.2. The van der Waals surface area contributed by atoms with Gasteiger partial charge in [0.25, 0.3) is 13.4 Å². The number of halogens is 20. The van der Waals surface area contributed by atoms with Crippen LogP contribution in [0.1, 0.15) is 0 Å². The maximum atomic E-state index is 15.6. The molecule has 0 aromatic heterocycles. The molecule has 12 aromatic carbocycles. The Bertz CT molecular complexity index is 4790. The molecule has 89 heavy (non-hydrogen) atoms. The molecule has 0 radical (unpaired) electrons. The van der Waals surface area contributed by atoms with E-state index < -0.39 is 163 Å². The van der Waals surface area contributed by atoms with Crippen molar-refractivity contribution in [2.24, 2.45) is 0 Å². The summed E-state index contributed by atoms with van der Waals surface area (Å²) in [6.45, 7) is -5.62. The number of hydrogen-bond acceptors (Lipinski definition) is 1. The summed E-state index contributed by atoms with van der Waals surface area (Å²) in [6.07, 6.45) is 0. The van der Waals surface area contributed by atoms with Crippen LogP contribution in [0.3, 0.4) is 0 Å². The minimum Gasteiger partial charge on any atom is -0.309 e. The van der Waals surface area contributed by atoms with Gasteiger partial charge in [0.05, 0.1) is 11.4 Å². The molecule has 0 fully saturated rings. The second-order valence-corrected chi connectivity index (χ2v) is 20.6. The Morgan fingerprint density at radius 1 is 0.225 bits per heavy atom. The van der Waals surface area contributed by atoms with Crippen LogP contribution < -0.4 is 37.7 Å². The predicted octanol–water partition coefficient (Wildman–Crippen LogP) is 15.7. The van der Waals surface area contributed by atoms with Crippen LogP contribution in [0.15, 0.2) is 152 Å². The normalized spacial score (nSPS) is 12.0. The number of anilines is 3. The van der Waals surface area contributed by atoms with Gasteiger partial charge in [-0.05, 0) is 91.1 Å². The van der Waals surface area contributed by atoms with Crippen molar-refractivity contribution in [1.29, 1.82) is 0 Å². The highest BCUT2D eigenvalue weighted by atomic mass is 19.2. The summed E-state index contributed by atoms with van der Waals surface area (Å²) in [5.41, 5.74) is -4.51. The molecule has 12 aromatic rings. The highest BCUT2D eigenvalue weighted by molar-refractivity contribution is 6.96. The summed E-state index contributed by atoms with van der Waals surface area (Å²) >= 11 is 0. The Labute approximate surface area is 488 Å². The standard InChI is InChI=1S/C66H25B2F20N/c69-47-43(48(70)56(78)63(85)55(47)77)67(44-49(71)57(79)64(86)58(80)50(44)72)29-18-13-26(14-19-29)28-17-22-34-39-25-37-33-10-5-4-9-32(33)36(24-38(37)35-11-6-12-40(42(35)39)89(41(34)23-28)31-7-2-1-3-8-31)27-15-20-30(21-16-27)68(45-51(73)59(81)65(87)60(82)52(45)74)46-53(75)61(83)66(88)62(84)54(46)76/h1-25H. The highest BCUT2D eigenvalue weighted by Crippen LogP contribution is 2.54. The molecule has 0 N–H and O–H groups in total. The summed E-state index contributed by atoms with van der Waals surface area (Å²) in [5, 5.41) is 3.79. The first-order chi connectivity index (χ1) is 42.5. The van der Waals surface area contributed by atoms with Gasteiger partial charge in [0.1, 0.15) is 0 Å². The number of rotatable bonds is 9. The third-order valence-electron chi connectivity index (χ3n) is 16.0. The maximum Gasteiger partial charge on any atom is 0.257 e. The fraction of sp³-hybridized carbons (Fsp3) is 0. The zero-order chi connectivity index (χ0) is 63.1. The zero-order valence-corrected chi connectivity index (χ0v) is 44.1. The van der Waals surface area contributed by atoms with E-state index in [0.29, 0.717) is 71.6 Å². The molecular weight excluding hydrogens is 1210 g/mol. The monoisotopic (exact) mass is 1230 g/mol. The van der Waals surface area contributed by atoms with E-state index in [1.807, 2.05) is 23.1 Å². The first-order valence-corrected chi connectivity index (χ1v) is 26.2. The van der Waals surface area contributed by atoms with Crippen molar-refractivity contribution in [2.45, 2.75) is 0 Å². The minimum atomic E-state index is -2.81. The van der Waals surface area contributed by atoms with E-state index in [2.05, 4.69) is 0 Å². The molecule has 0 amide bonds. The summed E-state index contributed by atoms with van der Waals surface area (Å²) in [4.78, 5) is 1.91. The third kappa shape index (κ3) is 8.65. The lowest BCUT2D eigenvalue weighted by Crippen LogP contribution is -2.58. The van der Waals surface area contributed by atoms with E-state index >= 15 is 35.1 Å². The number of para-hydroxylation sites is 1. The largest absolute Gasteiger partial charge is 0.309 e. The highest BCUT2D eigenvalue weighted by Gasteiger charge is 2.43. The Hall–Kier alpha value is -10.1. The number of benzene rings is 12. The molecule has 0 saturated carbocycles. The third-order valence-corrected chi connectivity index (χ3v) is 16.0. The van der Waals surface area contributed by atoms with Crippen molar-refractivity contribution < 1.29 is 87.8 Å². The quantitative estimate of drug-likeness (QED) is 0.0458. The van der Waals surface area contributed by atoms with Gasteiger partial charge < -0.3 is 4.90 Å². The van der Waals surface area contributed by atoms with Gasteiger partial charge in [0.15, 0.2) is 116 Å². The summed E-state index contributed by atoms with van der Waals surface area (Å²) in [6, 6.07) is 38.9. The van der Waals surface area contributed by atoms with E-state index in [0.717, 1.165) is 24.3 Å². The summed E-state index contributed by atoms with van der Waals surface area (Å²) < 4.78 is 300. The van der Waals surface area contributed by atoms with Gasteiger partial charge in [-0.3, -0.25) is 0 Å². The maximum absolute atomic E-state index is 15.6. The van der Waals surface area contributed by atoms with Crippen LogP contribution in [0.5, 0.6) is 0 Å². The lowest BCUT2D eigenvalue weighted by Gasteiger charge is -2.34. The molecular formula is C66H25B2F20N. The van der Waals surface area contributed by atoms with Gasteiger partial charge in [-0.2, -0.15) is 0 Å². The molecule has 440 valence electrons. The number of hydrogen-bond donors (Lipinski definition) is 0. The summed E-state index contributed by atoms with van der Waals surface area (Å²) in [5.74, 6) is -51.9. The van der Waals surface area contributed by atoms with E-state index in [9.17, 15) is 52.7 Å². The lowest BCUT2D eigenvalue weighted by molar-refractivity contribution is 0.382. The average molecular weight is 1230 g/mol. The molecule has 13 rings (SSSR count). The molecule has 0 unspecified atom stereocenters. The van der Waals surface area contributed by atoms with Gasteiger partial charge in [0.2, 0.25) is 0 Å². The molecule has 23 heteroatoms. The van der Waals surface area contributed by atoms with Crippen molar-refractivity contribution in [3.63, 3.8) is 0 Å². The van der Waals surface area contributed by atoms with E-state index in [1.165, 1.54) is 24.3 Å². The predicted molar refractivity (Wildman–Crippen MR) is 298 cm³/mol.